The molecule has 1 spiro atoms. The Morgan fingerprint density at radius 3 is 2.88 bits per heavy atom. The minimum atomic E-state index is -0.392. The Hall–Kier alpha value is -1.89. The minimum absolute atomic E-state index is 0.0645. The molecule has 84 valence electrons. The molecule has 16 heavy (non-hydrogen) atoms. The molecule has 1 saturated carbocycles. The molecule has 0 radical (unpaired) electrons. The van der Waals surface area contributed by atoms with Gasteiger partial charge in [-0.3, -0.25) is 9.78 Å². The van der Waals surface area contributed by atoms with Crippen molar-refractivity contribution < 1.29 is 5.11 Å². The molecule has 0 bridgehead atoms. The van der Waals surface area contributed by atoms with Gasteiger partial charge in [-0.25, -0.2) is 4.99 Å². The van der Waals surface area contributed by atoms with Crippen molar-refractivity contribution in [1.29, 1.82) is 0 Å². The molecule has 1 fully saturated rings. The van der Waals surface area contributed by atoms with Crippen molar-refractivity contribution in [3.8, 4) is 0 Å². The quantitative estimate of drug-likeness (QED) is 0.504. The van der Waals surface area contributed by atoms with Crippen molar-refractivity contribution >= 4 is 23.2 Å². The molecule has 0 amide bonds. The lowest BCUT2D eigenvalue weighted by Crippen LogP contribution is -2.38. The zero-order chi connectivity index (χ0) is 11.3. The first-order valence-electron chi connectivity index (χ1n) is 5.01. The first-order chi connectivity index (χ1) is 7.64. The lowest BCUT2D eigenvalue weighted by molar-refractivity contribution is 0.353. The highest BCUT2D eigenvalue weighted by Crippen LogP contribution is 2.44. The van der Waals surface area contributed by atoms with Crippen LogP contribution in [0.25, 0.3) is 0 Å². The van der Waals surface area contributed by atoms with Crippen LogP contribution in [0.15, 0.2) is 9.79 Å². The van der Waals surface area contributed by atoms with E-state index >= 15 is 0 Å². The molecule has 3 rings (SSSR count). The van der Waals surface area contributed by atoms with E-state index in [1.807, 2.05) is 0 Å². The molecule has 1 aromatic rings. The fourth-order valence-electron chi connectivity index (χ4n) is 1.94. The molecule has 2 heterocycles. The van der Waals surface area contributed by atoms with E-state index in [0.29, 0.717) is 11.5 Å². The molecule has 7 heteroatoms. The van der Waals surface area contributed by atoms with E-state index in [4.69, 9.17) is 5.73 Å². The van der Waals surface area contributed by atoms with Gasteiger partial charge in [0, 0.05) is 0 Å². The predicted molar refractivity (Wildman–Crippen MR) is 59.0 cm³/mol. The zero-order valence-electron chi connectivity index (χ0n) is 8.45. The number of aliphatic imine (C=N–C) groups is 1. The molecule has 0 atom stereocenters. The number of aromatic nitrogens is 2. The topological polar surface area (TPSA) is 116 Å². The molecular weight excluding hydrogens is 210 g/mol. The number of aromatic amines is 1. The fourth-order valence-corrected chi connectivity index (χ4v) is 1.94. The summed E-state index contributed by atoms with van der Waals surface area (Å²) in [7, 11) is 0. The number of anilines is 2. The third-order valence-corrected chi connectivity index (χ3v) is 2.97. The normalized spacial score (nSPS) is 19.9. The monoisotopic (exact) mass is 221 g/mol. The summed E-state index contributed by atoms with van der Waals surface area (Å²) in [6.07, 6.45) is 1.78. The molecule has 2 aliphatic rings. The summed E-state index contributed by atoms with van der Waals surface area (Å²) in [6.45, 7) is -0.156. The number of aliphatic hydroxyl groups is 1. The number of aliphatic hydroxyl groups excluding tert-OH is 1. The molecule has 1 aliphatic heterocycles. The lowest BCUT2D eigenvalue weighted by Gasteiger charge is -2.24. The van der Waals surface area contributed by atoms with Crippen LogP contribution in [-0.4, -0.2) is 32.9 Å². The van der Waals surface area contributed by atoms with Gasteiger partial charge in [0.25, 0.3) is 5.56 Å². The number of H-pyrrole nitrogens is 1. The fraction of sp³-hybridized carbons (Fsp3) is 0.444. The van der Waals surface area contributed by atoms with Crippen LogP contribution in [0, 0.1) is 0 Å². The van der Waals surface area contributed by atoms with Crippen LogP contribution >= 0.6 is 0 Å². The number of nitrogens with one attached hydrogen (secondary N) is 2. The lowest BCUT2D eigenvalue weighted by atomic mass is 10.1. The van der Waals surface area contributed by atoms with E-state index in [1.165, 1.54) is 0 Å². The van der Waals surface area contributed by atoms with Gasteiger partial charge in [0.15, 0.2) is 11.5 Å². The second kappa shape index (κ2) is 2.82. The third kappa shape index (κ3) is 1.15. The predicted octanol–water partition coefficient (Wildman–Crippen LogP) is -0.625. The molecule has 0 aromatic carbocycles. The highest BCUT2D eigenvalue weighted by Gasteiger charge is 2.50. The number of hydrogen-bond acceptors (Lipinski definition) is 6. The van der Waals surface area contributed by atoms with Gasteiger partial charge in [-0.05, 0) is 12.8 Å². The van der Waals surface area contributed by atoms with Gasteiger partial charge in [0.05, 0.1) is 17.9 Å². The minimum Gasteiger partial charge on any atom is -0.390 e. The molecule has 0 unspecified atom stereocenters. The van der Waals surface area contributed by atoms with Gasteiger partial charge in [-0.1, -0.05) is 0 Å². The van der Waals surface area contributed by atoms with Gasteiger partial charge in [-0.2, -0.15) is 4.98 Å². The average molecular weight is 221 g/mol. The van der Waals surface area contributed by atoms with E-state index in [9.17, 15) is 9.90 Å². The van der Waals surface area contributed by atoms with Crippen LogP contribution < -0.4 is 16.6 Å². The number of nitrogens with zero attached hydrogens (tertiary/aromatic N) is 2. The maximum absolute atomic E-state index is 11.6. The number of fused-ring (bicyclic) bond motifs is 1. The smallest absolute Gasteiger partial charge is 0.280 e. The summed E-state index contributed by atoms with van der Waals surface area (Å²) in [6, 6.07) is 0. The molecular formula is C9H11N5O2. The van der Waals surface area contributed by atoms with Crippen molar-refractivity contribution in [2.75, 3.05) is 17.7 Å². The van der Waals surface area contributed by atoms with Gasteiger partial charge < -0.3 is 16.2 Å². The highest BCUT2D eigenvalue weighted by atomic mass is 16.3. The van der Waals surface area contributed by atoms with E-state index in [2.05, 4.69) is 20.3 Å². The first kappa shape index (κ1) is 9.34. The summed E-state index contributed by atoms with van der Waals surface area (Å²) in [5, 5.41) is 12.3. The zero-order valence-corrected chi connectivity index (χ0v) is 8.45. The van der Waals surface area contributed by atoms with Gasteiger partial charge in [0.2, 0.25) is 5.95 Å². The van der Waals surface area contributed by atoms with Crippen molar-refractivity contribution in [2.45, 2.75) is 18.4 Å². The number of rotatable bonds is 1. The van der Waals surface area contributed by atoms with E-state index in [-0.39, 0.29) is 23.8 Å². The Kier molecular flexibility index (Phi) is 1.65. The van der Waals surface area contributed by atoms with Crippen LogP contribution in [0.1, 0.15) is 12.8 Å². The first-order valence-corrected chi connectivity index (χ1v) is 5.01. The standard InChI is InChI=1S/C9H11N5O2/c10-8-12-6-5(7(16)13-8)11-4(3-15)9(14-6)1-2-9/h15H,1-3H2,(H4,10,12,13,14,16). The largest absolute Gasteiger partial charge is 0.390 e. The van der Waals surface area contributed by atoms with Crippen molar-refractivity contribution in [2.24, 2.45) is 4.99 Å². The SMILES string of the molecule is Nc1nc2c(c(=O)[nH]1)N=C(CO)C1(CC1)N2. The second-order valence-electron chi connectivity index (χ2n) is 4.07. The molecule has 7 nitrogen and oxygen atoms in total. The molecule has 1 aliphatic carbocycles. The van der Waals surface area contributed by atoms with Crippen molar-refractivity contribution in [3.05, 3.63) is 10.4 Å². The van der Waals surface area contributed by atoms with Crippen LogP contribution in [0.2, 0.25) is 0 Å². The Morgan fingerprint density at radius 2 is 2.25 bits per heavy atom. The molecule has 5 N–H and O–H groups in total. The Bertz CT molecular complexity index is 543. The van der Waals surface area contributed by atoms with Gasteiger partial charge >= 0.3 is 0 Å². The summed E-state index contributed by atoms with van der Waals surface area (Å²) in [5.74, 6) is 0.464. The maximum Gasteiger partial charge on any atom is 0.280 e. The van der Waals surface area contributed by atoms with Crippen molar-refractivity contribution in [1.82, 2.24) is 9.97 Å². The van der Waals surface area contributed by atoms with Gasteiger partial charge in [-0.15, -0.1) is 0 Å². The highest BCUT2D eigenvalue weighted by molar-refractivity contribution is 6.04. The number of nitrogen functional groups attached to an aromatic ring is 1. The third-order valence-electron chi connectivity index (χ3n) is 2.97. The Balaban J connectivity index is 2.20. The molecule has 1 aromatic heterocycles. The maximum atomic E-state index is 11.6. The summed E-state index contributed by atoms with van der Waals surface area (Å²) < 4.78 is 0. The Morgan fingerprint density at radius 1 is 1.50 bits per heavy atom. The van der Waals surface area contributed by atoms with E-state index in [0.717, 1.165) is 12.8 Å². The van der Waals surface area contributed by atoms with Crippen LogP contribution in [-0.2, 0) is 0 Å². The summed E-state index contributed by atoms with van der Waals surface area (Å²) in [4.78, 5) is 22.1. The number of hydrogen-bond donors (Lipinski definition) is 4. The average Bonchev–Trinajstić information content (AvgIpc) is 2.97. The second-order valence-corrected chi connectivity index (χ2v) is 4.07. The van der Waals surface area contributed by atoms with Gasteiger partial charge in [0.1, 0.15) is 0 Å². The summed E-state index contributed by atoms with van der Waals surface area (Å²) >= 11 is 0. The Labute approximate surface area is 90.4 Å². The summed E-state index contributed by atoms with van der Waals surface area (Å²) in [5.41, 5.74) is 5.55. The number of nitrogens with two attached hydrogens (primary N) is 1. The van der Waals surface area contributed by atoms with Crippen LogP contribution in [0.3, 0.4) is 0 Å². The van der Waals surface area contributed by atoms with E-state index in [1.54, 1.807) is 0 Å². The van der Waals surface area contributed by atoms with Crippen molar-refractivity contribution in [3.63, 3.8) is 0 Å². The van der Waals surface area contributed by atoms with E-state index < -0.39 is 5.56 Å². The van der Waals surface area contributed by atoms with Crippen LogP contribution in [0.5, 0.6) is 0 Å². The van der Waals surface area contributed by atoms with Crippen LogP contribution in [0.4, 0.5) is 17.5 Å². The molecule has 0 saturated heterocycles.